The highest BCUT2D eigenvalue weighted by Crippen LogP contribution is 2.04. The number of pyridine rings is 1. The van der Waals surface area contributed by atoms with E-state index in [1.54, 1.807) is 30.5 Å². The van der Waals surface area contributed by atoms with Crippen molar-refractivity contribution in [2.24, 2.45) is 0 Å². The first-order valence-electron chi connectivity index (χ1n) is 6.26. The van der Waals surface area contributed by atoms with E-state index in [1.807, 2.05) is 6.92 Å². The maximum atomic E-state index is 12.8. The summed E-state index contributed by atoms with van der Waals surface area (Å²) in [5, 5.41) is 3.12. The lowest BCUT2D eigenvalue weighted by Crippen LogP contribution is -2.12. The van der Waals surface area contributed by atoms with E-state index in [4.69, 9.17) is 0 Å². The molecular formula is C16H15FN2O. The van der Waals surface area contributed by atoms with Crippen LogP contribution in [-0.2, 0) is 6.54 Å². The minimum absolute atomic E-state index is 0.0952. The van der Waals surface area contributed by atoms with Crippen molar-refractivity contribution in [3.05, 3.63) is 77.5 Å². The number of allylic oxidation sites excluding steroid dienone is 2. The fraction of sp³-hybridized carbons (Fsp3) is 0.125. The van der Waals surface area contributed by atoms with Crippen LogP contribution in [0.2, 0.25) is 0 Å². The first-order chi connectivity index (χ1) is 9.65. The Hall–Kier alpha value is -2.49. The summed E-state index contributed by atoms with van der Waals surface area (Å²) in [5.41, 5.74) is 2.26. The Morgan fingerprint density at radius 2 is 2.05 bits per heavy atom. The monoisotopic (exact) mass is 270 g/mol. The topological polar surface area (TPSA) is 42.0 Å². The van der Waals surface area contributed by atoms with Gasteiger partial charge in [-0.2, -0.15) is 0 Å². The maximum absolute atomic E-state index is 12.8. The van der Waals surface area contributed by atoms with Crippen molar-refractivity contribution in [3.8, 4) is 0 Å². The average Bonchev–Trinajstić information content (AvgIpc) is 2.47. The number of carbonyl (C=O) groups is 1. The van der Waals surface area contributed by atoms with Gasteiger partial charge in [-0.05, 0) is 36.8 Å². The summed E-state index contributed by atoms with van der Waals surface area (Å²) >= 11 is 0. The van der Waals surface area contributed by atoms with E-state index < -0.39 is 0 Å². The highest BCUT2D eigenvalue weighted by Gasteiger charge is 2.02. The lowest BCUT2D eigenvalue weighted by molar-refractivity contribution is 0.104. The molecular weight excluding hydrogens is 255 g/mol. The number of halogens is 1. The minimum atomic E-state index is -0.257. The van der Waals surface area contributed by atoms with Gasteiger partial charge in [0.25, 0.3) is 0 Å². The summed E-state index contributed by atoms with van der Waals surface area (Å²) in [6.45, 7) is 2.36. The van der Waals surface area contributed by atoms with Crippen molar-refractivity contribution < 1.29 is 9.18 Å². The summed E-state index contributed by atoms with van der Waals surface area (Å²) in [5.74, 6) is -0.352. The molecule has 102 valence electrons. The van der Waals surface area contributed by atoms with Crippen molar-refractivity contribution >= 4 is 5.78 Å². The van der Waals surface area contributed by atoms with Gasteiger partial charge in [-0.1, -0.05) is 12.1 Å². The fourth-order valence-corrected chi connectivity index (χ4v) is 1.68. The van der Waals surface area contributed by atoms with Gasteiger partial charge >= 0.3 is 0 Å². The number of nitrogens with one attached hydrogen (secondary N) is 1. The van der Waals surface area contributed by atoms with Gasteiger partial charge in [0.05, 0.1) is 0 Å². The average molecular weight is 270 g/mol. The molecule has 1 heterocycles. The number of benzene rings is 1. The van der Waals surface area contributed by atoms with E-state index in [0.717, 1.165) is 11.3 Å². The van der Waals surface area contributed by atoms with Gasteiger partial charge in [-0.15, -0.1) is 0 Å². The first kappa shape index (κ1) is 13.9. The van der Waals surface area contributed by atoms with Gasteiger partial charge in [-0.25, -0.2) is 4.39 Å². The second kappa shape index (κ2) is 6.61. The van der Waals surface area contributed by atoms with Crippen LogP contribution in [0.3, 0.4) is 0 Å². The molecule has 0 atom stereocenters. The van der Waals surface area contributed by atoms with Gasteiger partial charge < -0.3 is 5.32 Å². The van der Waals surface area contributed by atoms with Gasteiger partial charge in [0, 0.05) is 36.3 Å². The second-order valence-electron chi connectivity index (χ2n) is 4.41. The van der Waals surface area contributed by atoms with E-state index in [-0.39, 0.29) is 11.6 Å². The third kappa shape index (κ3) is 4.02. The highest BCUT2D eigenvalue weighted by atomic mass is 19.1. The summed E-state index contributed by atoms with van der Waals surface area (Å²) in [4.78, 5) is 15.8. The van der Waals surface area contributed by atoms with Crippen LogP contribution in [0.15, 0.2) is 60.6 Å². The number of nitrogens with zero attached hydrogens (tertiary/aromatic N) is 1. The molecule has 1 N–H and O–H groups in total. The van der Waals surface area contributed by atoms with Crippen LogP contribution in [-0.4, -0.2) is 10.8 Å². The number of ketones is 1. The molecule has 1 aromatic heterocycles. The molecule has 0 amide bonds. The van der Waals surface area contributed by atoms with Crippen LogP contribution in [0.4, 0.5) is 4.39 Å². The molecule has 0 aliphatic carbocycles. The molecule has 0 saturated carbocycles. The predicted molar refractivity (Wildman–Crippen MR) is 75.6 cm³/mol. The molecule has 4 heteroatoms. The zero-order valence-corrected chi connectivity index (χ0v) is 11.1. The molecule has 0 spiro atoms. The van der Waals surface area contributed by atoms with Crippen molar-refractivity contribution in [2.75, 3.05) is 0 Å². The highest BCUT2D eigenvalue weighted by molar-refractivity contribution is 6.04. The maximum Gasteiger partial charge on any atom is 0.189 e. The van der Waals surface area contributed by atoms with Crippen LogP contribution < -0.4 is 5.32 Å². The Morgan fingerprint density at radius 1 is 1.30 bits per heavy atom. The zero-order valence-electron chi connectivity index (χ0n) is 11.1. The summed E-state index contributed by atoms with van der Waals surface area (Å²) in [7, 11) is 0. The van der Waals surface area contributed by atoms with E-state index in [2.05, 4.69) is 10.3 Å². The predicted octanol–water partition coefficient (Wildman–Crippen LogP) is 3.10. The third-order valence-corrected chi connectivity index (χ3v) is 2.78. The molecule has 0 aliphatic heterocycles. The molecule has 0 aliphatic rings. The Kier molecular flexibility index (Phi) is 4.60. The lowest BCUT2D eigenvalue weighted by atomic mass is 10.1. The molecule has 3 nitrogen and oxygen atoms in total. The standard InChI is InChI=1S/C16H15FN2O/c1-12(9-16(20)14-3-2-8-18-11-14)19-10-13-4-6-15(17)7-5-13/h2-9,11,19H,10H2,1H3/b12-9-. The zero-order chi connectivity index (χ0) is 14.4. The largest absolute Gasteiger partial charge is 0.384 e. The smallest absolute Gasteiger partial charge is 0.189 e. The van der Waals surface area contributed by atoms with Crippen LogP contribution in [0.1, 0.15) is 22.8 Å². The summed E-state index contributed by atoms with van der Waals surface area (Å²) in [6.07, 6.45) is 4.69. The van der Waals surface area contributed by atoms with Crippen LogP contribution >= 0.6 is 0 Å². The van der Waals surface area contributed by atoms with Crippen molar-refractivity contribution in [1.82, 2.24) is 10.3 Å². The Bertz CT molecular complexity index is 606. The Morgan fingerprint density at radius 3 is 2.70 bits per heavy atom. The number of rotatable bonds is 5. The summed E-state index contributed by atoms with van der Waals surface area (Å²) in [6, 6.07) is 9.69. The number of aromatic nitrogens is 1. The molecule has 2 aromatic rings. The Balaban J connectivity index is 1.94. The van der Waals surface area contributed by atoms with Crippen molar-refractivity contribution in [2.45, 2.75) is 13.5 Å². The van der Waals surface area contributed by atoms with Gasteiger partial charge in [0.15, 0.2) is 5.78 Å². The van der Waals surface area contributed by atoms with Gasteiger partial charge in [-0.3, -0.25) is 9.78 Å². The number of carbonyl (C=O) groups excluding carboxylic acids is 1. The number of hydrogen-bond acceptors (Lipinski definition) is 3. The lowest BCUT2D eigenvalue weighted by Gasteiger charge is -2.06. The molecule has 20 heavy (non-hydrogen) atoms. The second-order valence-corrected chi connectivity index (χ2v) is 4.41. The molecule has 0 bridgehead atoms. The SMILES string of the molecule is C/C(=C/C(=O)c1cccnc1)NCc1ccc(F)cc1. The fourth-order valence-electron chi connectivity index (χ4n) is 1.68. The summed E-state index contributed by atoms with van der Waals surface area (Å²) < 4.78 is 12.8. The van der Waals surface area contributed by atoms with Gasteiger partial charge in [0.2, 0.25) is 0 Å². The number of hydrogen-bond donors (Lipinski definition) is 1. The minimum Gasteiger partial charge on any atom is -0.384 e. The quantitative estimate of drug-likeness (QED) is 0.670. The van der Waals surface area contributed by atoms with E-state index >= 15 is 0 Å². The van der Waals surface area contributed by atoms with Crippen LogP contribution in [0.25, 0.3) is 0 Å². The van der Waals surface area contributed by atoms with Crippen LogP contribution in [0, 0.1) is 5.82 Å². The van der Waals surface area contributed by atoms with Gasteiger partial charge in [0.1, 0.15) is 5.82 Å². The molecule has 0 fully saturated rings. The normalized spacial score (nSPS) is 11.2. The molecule has 0 radical (unpaired) electrons. The van der Waals surface area contributed by atoms with Crippen molar-refractivity contribution in [1.29, 1.82) is 0 Å². The molecule has 0 saturated heterocycles. The third-order valence-electron chi connectivity index (χ3n) is 2.78. The molecule has 2 rings (SSSR count). The van der Waals surface area contributed by atoms with E-state index in [1.165, 1.54) is 24.4 Å². The van der Waals surface area contributed by atoms with Crippen molar-refractivity contribution in [3.63, 3.8) is 0 Å². The van der Waals surface area contributed by atoms with E-state index in [0.29, 0.717) is 12.1 Å². The van der Waals surface area contributed by atoms with Crippen LogP contribution in [0.5, 0.6) is 0 Å². The Labute approximate surface area is 117 Å². The van der Waals surface area contributed by atoms with E-state index in [9.17, 15) is 9.18 Å². The molecule has 1 aromatic carbocycles. The first-order valence-corrected chi connectivity index (χ1v) is 6.26. The molecule has 0 unspecified atom stereocenters.